The van der Waals surface area contributed by atoms with Crippen LogP contribution in [0, 0.1) is 12.8 Å². The number of hydrogen-bond donors (Lipinski definition) is 0. The third-order valence-electron chi connectivity index (χ3n) is 4.45. The molecule has 2 aromatic rings. The number of amides is 1. The number of aromatic nitrogens is 3. The van der Waals surface area contributed by atoms with E-state index in [4.69, 9.17) is 0 Å². The minimum absolute atomic E-state index is 0.201. The Hall–Kier alpha value is -1.82. The van der Waals surface area contributed by atoms with Gasteiger partial charge in [-0.2, -0.15) is 0 Å². The normalized spacial score (nSPS) is 18.0. The summed E-state index contributed by atoms with van der Waals surface area (Å²) in [5.74, 6) is 2.06. The van der Waals surface area contributed by atoms with E-state index in [1.165, 1.54) is 23.7 Å². The summed E-state index contributed by atoms with van der Waals surface area (Å²) in [4.78, 5) is 14.4. The van der Waals surface area contributed by atoms with Crippen molar-refractivity contribution in [2.75, 3.05) is 18.8 Å². The highest BCUT2D eigenvalue weighted by Crippen LogP contribution is 2.24. The molecular weight excluding hydrogens is 320 g/mol. The lowest BCUT2D eigenvalue weighted by molar-refractivity contribution is -0.130. The van der Waals surface area contributed by atoms with Crippen LogP contribution in [-0.2, 0) is 11.8 Å². The molecule has 1 saturated heterocycles. The molecule has 0 aliphatic carbocycles. The Balaban J connectivity index is 1.65. The van der Waals surface area contributed by atoms with Gasteiger partial charge in [-0.15, -0.1) is 10.2 Å². The first-order valence-corrected chi connectivity index (χ1v) is 9.40. The van der Waals surface area contributed by atoms with Crippen LogP contribution in [0.3, 0.4) is 0 Å². The summed E-state index contributed by atoms with van der Waals surface area (Å²) < 4.78 is 1.96. The van der Waals surface area contributed by atoms with Crippen LogP contribution in [0.1, 0.15) is 25.3 Å². The molecule has 128 valence electrons. The molecule has 1 aromatic heterocycles. The Bertz CT molecular complexity index is 728. The molecule has 1 atom stereocenters. The Labute approximate surface area is 147 Å². The quantitative estimate of drug-likeness (QED) is 0.800. The Morgan fingerprint density at radius 1 is 1.38 bits per heavy atom. The smallest absolute Gasteiger partial charge is 0.233 e. The van der Waals surface area contributed by atoms with Crippen molar-refractivity contribution in [2.24, 2.45) is 13.0 Å². The number of piperidine rings is 1. The van der Waals surface area contributed by atoms with E-state index in [9.17, 15) is 4.79 Å². The van der Waals surface area contributed by atoms with Gasteiger partial charge in [0.2, 0.25) is 5.91 Å². The molecule has 1 amide bonds. The highest BCUT2D eigenvalue weighted by molar-refractivity contribution is 7.99. The van der Waals surface area contributed by atoms with E-state index in [0.717, 1.165) is 36.1 Å². The van der Waals surface area contributed by atoms with Gasteiger partial charge in [0.15, 0.2) is 11.0 Å². The predicted molar refractivity (Wildman–Crippen MR) is 96.9 cm³/mol. The number of nitrogens with zero attached hydrogens (tertiary/aromatic N) is 4. The average molecular weight is 344 g/mol. The van der Waals surface area contributed by atoms with Crippen molar-refractivity contribution in [3.05, 3.63) is 29.8 Å². The van der Waals surface area contributed by atoms with Crippen molar-refractivity contribution in [2.45, 2.75) is 31.8 Å². The Morgan fingerprint density at radius 2 is 2.21 bits per heavy atom. The standard InChI is InChI=1S/C18H24N4OS/c1-13-6-4-8-15(10-13)17-19-20-18(21(17)3)24-12-16(23)22-9-5-7-14(2)11-22/h4,6,8,10,14H,5,7,9,11-12H2,1-3H3. The number of likely N-dealkylation sites (tertiary alicyclic amines) is 1. The Kier molecular flexibility index (Phi) is 5.23. The molecular formula is C18H24N4OS. The fourth-order valence-electron chi connectivity index (χ4n) is 3.11. The van der Waals surface area contributed by atoms with Gasteiger partial charge in [-0.05, 0) is 31.7 Å². The minimum atomic E-state index is 0.201. The van der Waals surface area contributed by atoms with Gasteiger partial charge in [-0.1, -0.05) is 42.4 Å². The number of thioether (sulfide) groups is 1. The topological polar surface area (TPSA) is 51.0 Å². The molecule has 0 spiro atoms. The molecule has 1 fully saturated rings. The number of rotatable bonds is 4. The third kappa shape index (κ3) is 3.80. The van der Waals surface area contributed by atoms with Crippen molar-refractivity contribution >= 4 is 17.7 Å². The SMILES string of the molecule is Cc1cccc(-c2nnc(SCC(=O)N3CCCC(C)C3)n2C)c1. The van der Waals surface area contributed by atoms with Gasteiger partial charge in [0.25, 0.3) is 0 Å². The van der Waals surface area contributed by atoms with Gasteiger partial charge in [-0.25, -0.2) is 0 Å². The summed E-state index contributed by atoms with van der Waals surface area (Å²) in [5.41, 5.74) is 2.24. The number of aryl methyl sites for hydroxylation is 1. The monoisotopic (exact) mass is 344 g/mol. The van der Waals surface area contributed by atoms with E-state index in [1.54, 1.807) is 0 Å². The van der Waals surface area contributed by atoms with E-state index in [1.807, 2.05) is 28.6 Å². The van der Waals surface area contributed by atoms with E-state index < -0.39 is 0 Å². The van der Waals surface area contributed by atoms with Gasteiger partial charge in [0.1, 0.15) is 0 Å². The molecule has 1 aliphatic heterocycles. The van der Waals surface area contributed by atoms with Gasteiger partial charge in [-0.3, -0.25) is 4.79 Å². The minimum Gasteiger partial charge on any atom is -0.342 e. The lowest BCUT2D eigenvalue weighted by atomic mass is 10.0. The number of carbonyl (C=O) groups excluding carboxylic acids is 1. The highest BCUT2D eigenvalue weighted by Gasteiger charge is 2.21. The molecule has 0 bridgehead atoms. The molecule has 1 aromatic carbocycles. The van der Waals surface area contributed by atoms with Gasteiger partial charge >= 0.3 is 0 Å². The summed E-state index contributed by atoms with van der Waals surface area (Å²) in [6.45, 7) is 6.04. The first-order valence-electron chi connectivity index (χ1n) is 8.41. The van der Waals surface area contributed by atoms with Crippen LogP contribution in [0.4, 0.5) is 0 Å². The maximum Gasteiger partial charge on any atom is 0.233 e. The molecule has 0 N–H and O–H groups in total. The second kappa shape index (κ2) is 7.38. The van der Waals surface area contributed by atoms with E-state index in [2.05, 4.69) is 36.2 Å². The zero-order valence-electron chi connectivity index (χ0n) is 14.5. The fraction of sp³-hybridized carbons (Fsp3) is 0.500. The van der Waals surface area contributed by atoms with Crippen molar-refractivity contribution in [1.29, 1.82) is 0 Å². The van der Waals surface area contributed by atoms with Crippen LogP contribution in [0.5, 0.6) is 0 Å². The van der Waals surface area contributed by atoms with Crippen LogP contribution in [0.15, 0.2) is 29.4 Å². The number of hydrogen-bond acceptors (Lipinski definition) is 4. The van der Waals surface area contributed by atoms with Crippen molar-refractivity contribution < 1.29 is 4.79 Å². The summed E-state index contributed by atoms with van der Waals surface area (Å²) in [6.07, 6.45) is 2.33. The van der Waals surface area contributed by atoms with Crippen LogP contribution >= 0.6 is 11.8 Å². The first kappa shape index (κ1) is 17.0. The van der Waals surface area contributed by atoms with Gasteiger partial charge < -0.3 is 9.47 Å². The van der Waals surface area contributed by atoms with Crippen LogP contribution < -0.4 is 0 Å². The second-order valence-electron chi connectivity index (χ2n) is 6.61. The third-order valence-corrected chi connectivity index (χ3v) is 5.45. The summed E-state index contributed by atoms with van der Waals surface area (Å²) >= 11 is 1.47. The van der Waals surface area contributed by atoms with Crippen LogP contribution in [0.25, 0.3) is 11.4 Å². The van der Waals surface area contributed by atoms with E-state index in [0.29, 0.717) is 11.7 Å². The molecule has 3 rings (SSSR count). The lowest BCUT2D eigenvalue weighted by Gasteiger charge is -2.30. The maximum absolute atomic E-state index is 12.4. The molecule has 24 heavy (non-hydrogen) atoms. The summed E-state index contributed by atoms with van der Waals surface area (Å²) in [5, 5.41) is 9.34. The molecule has 0 saturated carbocycles. The number of carbonyl (C=O) groups is 1. The number of benzene rings is 1. The van der Waals surface area contributed by atoms with Crippen LogP contribution in [0.2, 0.25) is 0 Å². The van der Waals surface area contributed by atoms with Gasteiger partial charge in [0, 0.05) is 25.7 Å². The van der Waals surface area contributed by atoms with Crippen molar-refractivity contribution in [3.8, 4) is 11.4 Å². The lowest BCUT2D eigenvalue weighted by Crippen LogP contribution is -2.40. The zero-order chi connectivity index (χ0) is 17.1. The summed E-state index contributed by atoms with van der Waals surface area (Å²) in [6, 6.07) is 8.21. The van der Waals surface area contributed by atoms with Crippen LogP contribution in [-0.4, -0.2) is 44.4 Å². The van der Waals surface area contributed by atoms with E-state index >= 15 is 0 Å². The zero-order valence-corrected chi connectivity index (χ0v) is 15.3. The van der Waals surface area contributed by atoms with Gasteiger partial charge in [0.05, 0.1) is 5.75 Å². The molecule has 5 nitrogen and oxygen atoms in total. The van der Waals surface area contributed by atoms with Crippen molar-refractivity contribution in [3.63, 3.8) is 0 Å². The molecule has 2 heterocycles. The second-order valence-corrected chi connectivity index (χ2v) is 7.55. The molecule has 1 unspecified atom stereocenters. The first-order chi connectivity index (χ1) is 11.5. The summed E-state index contributed by atoms with van der Waals surface area (Å²) in [7, 11) is 1.95. The predicted octanol–water partition coefficient (Wildman–Crippen LogP) is 3.14. The molecule has 6 heteroatoms. The molecule has 1 aliphatic rings. The molecule has 0 radical (unpaired) electrons. The Morgan fingerprint density at radius 3 is 2.96 bits per heavy atom. The maximum atomic E-state index is 12.4. The average Bonchev–Trinajstić information content (AvgIpc) is 2.93. The van der Waals surface area contributed by atoms with E-state index in [-0.39, 0.29) is 5.91 Å². The largest absolute Gasteiger partial charge is 0.342 e. The van der Waals surface area contributed by atoms with Crippen molar-refractivity contribution in [1.82, 2.24) is 19.7 Å². The fourth-order valence-corrected chi connectivity index (χ4v) is 3.92. The highest BCUT2D eigenvalue weighted by atomic mass is 32.2.